The number of esters is 3. The summed E-state index contributed by atoms with van der Waals surface area (Å²) < 4.78 is 51.2. The summed E-state index contributed by atoms with van der Waals surface area (Å²) in [7, 11) is -4.33. The second-order valence-electron chi connectivity index (χ2n) is 11.5. The third-order valence-corrected chi connectivity index (χ3v) is 9.76. The van der Waals surface area contributed by atoms with Crippen LogP contribution in [0.3, 0.4) is 0 Å². The first-order valence-corrected chi connectivity index (χ1v) is 17.1. The van der Waals surface area contributed by atoms with Gasteiger partial charge in [-0.25, -0.2) is 14.1 Å². The lowest BCUT2D eigenvalue weighted by Crippen LogP contribution is -2.45. The molecule has 2 aromatic heterocycles. The zero-order chi connectivity index (χ0) is 33.8. The number of nitrogens with zero attached hydrogens (tertiary/aromatic N) is 3. The van der Waals surface area contributed by atoms with Gasteiger partial charge >= 0.3 is 25.7 Å². The Hall–Kier alpha value is -4.04. The Balaban J connectivity index is 1.47. The number of anilines is 1. The van der Waals surface area contributed by atoms with Gasteiger partial charge in [0.1, 0.15) is 41.4 Å². The molecule has 254 valence electrons. The molecule has 3 heterocycles. The second-order valence-corrected chi connectivity index (χ2v) is 13.2. The largest absolute Gasteiger partial charge is 0.461 e. The van der Waals surface area contributed by atoms with Crippen LogP contribution in [0.5, 0.6) is 5.75 Å². The molecular formula is C31H40N5O10P. The maximum absolute atomic E-state index is 14.3. The Morgan fingerprint density at radius 1 is 1.09 bits per heavy atom. The molecule has 2 aliphatic rings. The van der Waals surface area contributed by atoms with Crippen molar-refractivity contribution >= 4 is 37.0 Å². The first kappa shape index (κ1) is 34.3. The Morgan fingerprint density at radius 2 is 1.79 bits per heavy atom. The van der Waals surface area contributed by atoms with Crippen LogP contribution in [-0.4, -0.2) is 69.6 Å². The van der Waals surface area contributed by atoms with Gasteiger partial charge in [0.05, 0.1) is 12.3 Å². The predicted octanol–water partition coefficient (Wildman–Crippen LogP) is 3.85. The summed E-state index contributed by atoms with van der Waals surface area (Å²) in [6.45, 7) is 5.92. The minimum absolute atomic E-state index is 0.0187. The van der Waals surface area contributed by atoms with Gasteiger partial charge in [-0.05, 0) is 57.4 Å². The maximum atomic E-state index is 14.3. The van der Waals surface area contributed by atoms with E-state index in [2.05, 4.69) is 15.2 Å². The Kier molecular flexibility index (Phi) is 10.5. The average molecular weight is 674 g/mol. The lowest BCUT2D eigenvalue weighted by atomic mass is 9.92. The lowest BCUT2D eigenvalue weighted by Gasteiger charge is -2.31. The molecule has 1 saturated heterocycles. The number of aromatic nitrogens is 3. The normalized spacial score (nSPS) is 24.6. The van der Waals surface area contributed by atoms with Crippen molar-refractivity contribution in [3.63, 3.8) is 0 Å². The third kappa shape index (κ3) is 7.59. The summed E-state index contributed by atoms with van der Waals surface area (Å²) in [6, 6.07) is 10.6. The zero-order valence-electron chi connectivity index (χ0n) is 26.7. The number of nitrogens with two attached hydrogens (primary N) is 1. The molecule has 1 aromatic carbocycles. The van der Waals surface area contributed by atoms with Crippen molar-refractivity contribution in [3.8, 4) is 5.75 Å². The second kappa shape index (κ2) is 14.4. The molecule has 15 nitrogen and oxygen atoms in total. The molecule has 0 spiro atoms. The number of nitrogen functional groups attached to an aromatic ring is 1. The standard InChI is InChI=1S/C31H40N5O10P/c1-5-25(37)43-27-23(45-31(4,28(27)44-26(38)6-2)24-16-15-22-29(32)33-18-34-36(22)24)17-41-47(40,46-21-11-8-7-9-12-21)35-19(3)30(39)42-20-13-10-14-20/h7-9,11-12,15-16,18-20,23,27-28H,5-6,10,13-14,17H2,1-4H3,(H,35,40)(H2,32,33,34)/t19-,23+,27+,28+,31-,47?/m0/s1. The van der Waals surface area contributed by atoms with Gasteiger partial charge in [0, 0.05) is 12.8 Å². The fourth-order valence-corrected chi connectivity index (χ4v) is 6.83. The maximum Gasteiger partial charge on any atom is 0.459 e. The van der Waals surface area contributed by atoms with Crippen molar-refractivity contribution in [2.45, 2.75) is 95.9 Å². The van der Waals surface area contributed by atoms with Gasteiger partial charge in [-0.1, -0.05) is 32.0 Å². The SMILES string of the molecule is CCC(=O)O[C@H]1[C@@H](OC(=O)CC)[C@](C)(c2ccc3c(N)ncnn23)O[C@@H]1COP(=O)(N[C@@H](C)C(=O)OC1CCC1)Oc1ccccc1. The van der Waals surface area contributed by atoms with Gasteiger partial charge in [0.2, 0.25) is 0 Å². The van der Waals surface area contributed by atoms with E-state index in [1.165, 1.54) is 17.8 Å². The number of benzene rings is 1. The Bertz CT molecular complexity index is 1630. The van der Waals surface area contributed by atoms with Crippen LogP contribution in [0.25, 0.3) is 5.52 Å². The highest BCUT2D eigenvalue weighted by atomic mass is 31.2. The molecule has 16 heteroatoms. The summed E-state index contributed by atoms with van der Waals surface area (Å²) in [5, 5.41) is 6.98. The van der Waals surface area contributed by atoms with Gasteiger partial charge in [-0.3, -0.25) is 18.9 Å². The summed E-state index contributed by atoms with van der Waals surface area (Å²) >= 11 is 0. The minimum atomic E-state index is -4.33. The molecule has 1 aliphatic heterocycles. The molecule has 6 atom stereocenters. The van der Waals surface area contributed by atoms with Gasteiger partial charge in [0.15, 0.2) is 18.0 Å². The molecule has 0 radical (unpaired) electrons. The molecule has 3 N–H and O–H groups in total. The smallest absolute Gasteiger partial charge is 0.459 e. The quantitative estimate of drug-likeness (QED) is 0.142. The minimum Gasteiger partial charge on any atom is -0.461 e. The number of carbonyl (C=O) groups is 3. The van der Waals surface area contributed by atoms with Crippen LogP contribution < -0.4 is 15.3 Å². The van der Waals surface area contributed by atoms with Crippen molar-refractivity contribution in [1.82, 2.24) is 19.7 Å². The fraction of sp³-hybridized carbons (Fsp3) is 0.516. The average Bonchev–Trinajstić information content (AvgIpc) is 3.59. The molecular weight excluding hydrogens is 633 g/mol. The van der Waals surface area contributed by atoms with Crippen LogP contribution in [0.15, 0.2) is 48.8 Å². The molecule has 47 heavy (non-hydrogen) atoms. The van der Waals surface area contributed by atoms with Crippen molar-refractivity contribution in [1.29, 1.82) is 0 Å². The number of para-hydroxylation sites is 1. The van der Waals surface area contributed by atoms with E-state index < -0.39 is 62.2 Å². The van der Waals surface area contributed by atoms with Gasteiger partial charge < -0.3 is 29.2 Å². The van der Waals surface area contributed by atoms with E-state index in [0.717, 1.165) is 19.3 Å². The molecule has 0 amide bonds. The molecule has 1 unspecified atom stereocenters. The first-order valence-electron chi connectivity index (χ1n) is 15.6. The summed E-state index contributed by atoms with van der Waals surface area (Å²) in [6.07, 6.45) is 0.102. The van der Waals surface area contributed by atoms with Crippen LogP contribution in [0, 0.1) is 0 Å². The molecule has 0 bridgehead atoms. The van der Waals surface area contributed by atoms with Crippen molar-refractivity contribution in [2.24, 2.45) is 0 Å². The highest BCUT2D eigenvalue weighted by Crippen LogP contribution is 2.48. The fourth-order valence-electron chi connectivity index (χ4n) is 5.32. The summed E-state index contributed by atoms with van der Waals surface area (Å²) in [5.41, 5.74) is 5.50. The van der Waals surface area contributed by atoms with Crippen molar-refractivity contribution in [3.05, 3.63) is 54.5 Å². The van der Waals surface area contributed by atoms with E-state index in [1.54, 1.807) is 63.2 Å². The molecule has 1 aliphatic carbocycles. The Morgan fingerprint density at radius 3 is 2.45 bits per heavy atom. The van der Waals surface area contributed by atoms with Crippen LogP contribution in [0.4, 0.5) is 5.82 Å². The predicted molar refractivity (Wildman–Crippen MR) is 167 cm³/mol. The van der Waals surface area contributed by atoms with E-state index in [1.807, 2.05) is 0 Å². The summed E-state index contributed by atoms with van der Waals surface area (Å²) in [4.78, 5) is 42.3. The topological polar surface area (TPSA) is 192 Å². The van der Waals surface area contributed by atoms with E-state index in [4.69, 9.17) is 33.7 Å². The number of hydrogen-bond acceptors (Lipinski definition) is 13. The van der Waals surface area contributed by atoms with E-state index in [-0.39, 0.29) is 30.5 Å². The van der Waals surface area contributed by atoms with E-state index in [9.17, 15) is 18.9 Å². The number of ether oxygens (including phenoxy) is 4. The Labute approximate surface area is 272 Å². The van der Waals surface area contributed by atoms with Crippen LogP contribution in [-0.2, 0) is 48.0 Å². The van der Waals surface area contributed by atoms with Gasteiger partial charge in [0.25, 0.3) is 0 Å². The molecule has 5 rings (SSSR count). The monoisotopic (exact) mass is 673 g/mol. The molecule has 3 aromatic rings. The number of rotatable bonds is 14. The highest BCUT2D eigenvalue weighted by Gasteiger charge is 2.59. The number of fused-ring (bicyclic) bond motifs is 1. The molecule has 1 saturated carbocycles. The number of hydrogen-bond donors (Lipinski definition) is 2. The van der Waals surface area contributed by atoms with Crippen LogP contribution in [0.2, 0.25) is 0 Å². The van der Waals surface area contributed by atoms with Gasteiger partial charge in [-0.2, -0.15) is 10.2 Å². The van der Waals surface area contributed by atoms with Crippen molar-refractivity contribution < 1.29 is 46.9 Å². The highest BCUT2D eigenvalue weighted by molar-refractivity contribution is 7.52. The third-order valence-electron chi connectivity index (χ3n) is 8.12. The molecule has 2 fully saturated rings. The van der Waals surface area contributed by atoms with Crippen molar-refractivity contribution in [2.75, 3.05) is 12.3 Å². The lowest BCUT2D eigenvalue weighted by molar-refractivity contribution is -0.170. The van der Waals surface area contributed by atoms with Gasteiger partial charge in [-0.15, -0.1) is 0 Å². The first-order chi connectivity index (χ1) is 22.5. The van der Waals surface area contributed by atoms with Crippen LogP contribution >= 0.6 is 7.75 Å². The van der Waals surface area contributed by atoms with E-state index >= 15 is 0 Å². The zero-order valence-corrected chi connectivity index (χ0v) is 27.6. The summed E-state index contributed by atoms with van der Waals surface area (Å²) in [5.74, 6) is -1.36. The van der Waals surface area contributed by atoms with E-state index in [0.29, 0.717) is 11.2 Å². The number of nitrogens with one attached hydrogen (secondary N) is 1. The number of carbonyl (C=O) groups excluding carboxylic acids is 3. The van der Waals surface area contributed by atoms with Crippen LogP contribution in [0.1, 0.15) is 65.5 Å².